The number of aryl methyl sites for hydroxylation is 1. The maximum Gasteiger partial charge on any atom is 0.249 e. The standard InChI is InChI=1S/C12H11ClN2O2/c1-6-5-8(13)10-7(12(14)16)3-4-9(17-2)11(10)15-6/h3-5H,1-2H3,(H2,14,16). The summed E-state index contributed by atoms with van der Waals surface area (Å²) in [4.78, 5) is 15.7. The number of aromatic nitrogens is 1. The van der Waals surface area contributed by atoms with E-state index in [-0.39, 0.29) is 0 Å². The number of benzene rings is 1. The van der Waals surface area contributed by atoms with E-state index in [2.05, 4.69) is 4.98 Å². The fourth-order valence-electron chi connectivity index (χ4n) is 1.76. The number of carbonyl (C=O) groups excluding carboxylic acids is 1. The Labute approximate surface area is 103 Å². The summed E-state index contributed by atoms with van der Waals surface area (Å²) in [6.07, 6.45) is 0. The fraction of sp³-hybridized carbons (Fsp3) is 0.167. The number of hydrogen-bond acceptors (Lipinski definition) is 3. The molecule has 2 aromatic rings. The van der Waals surface area contributed by atoms with E-state index >= 15 is 0 Å². The molecule has 5 heteroatoms. The van der Waals surface area contributed by atoms with Crippen molar-refractivity contribution in [2.45, 2.75) is 6.92 Å². The SMILES string of the molecule is COc1ccc(C(N)=O)c2c(Cl)cc(C)nc12. The van der Waals surface area contributed by atoms with Crippen molar-refractivity contribution in [1.29, 1.82) is 0 Å². The van der Waals surface area contributed by atoms with Gasteiger partial charge in [-0.15, -0.1) is 0 Å². The Kier molecular flexibility index (Phi) is 2.90. The third-order valence-electron chi connectivity index (χ3n) is 2.49. The number of nitrogens with zero attached hydrogens (tertiary/aromatic N) is 1. The van der Waals surface area contributed by atoms with Gasteiger partial charge in [-0.3, -0.25) is 4.79 Å². The smallest absolute Gasteiger partial charge is 0.249 e. The van der Waals surface area contributed by atoms with E-state index < -0.39 is 5.91 Å². The molecule has 1 heterocycles. The summed E-state index contributed by atoms with van der Waals surface area (Å²) in [6.45, 7) is 1.82. The molecule has 1 amide bonds. The predicted octanol–water partition coefficient (Wildman–Crippen LogP) is 2.30. The van der Waals surface area contributed by atoms with Crippen LogP contribution in [-0.2, 0) is 0 Å². The van der Waals surface area contributed by atoms with Gasteiger partial charge in [0.25, 0.3) is 0 Å². The summed E-state index contributed by atoms with van der Waals surface area (Å²) < 4.78 is 5.20. The summed E-state index contributed by atoms with van der Waals surface area (Å²) in [5.41, 5.74) is 6.96. The molecule has 1 aromatic carbocycles. The van der Waals surface area contributed by atoms with Gasteiger partial charge in [0.1, 0.15) is 11.3 Å². The minimum Gasteiger partial charge on any atom is -0.494 e. The summed E-state index contributed by atoms with van der Waals surface area (Å²) in [5, 5.41) is 0.976. The zero-order valence-electron chi connectivity index (χ0n) is 9.45. The van der Waals surface area contributed by atoms with Crippen molar-refractivity contribution in [3.05, 3.63) is 34.5 Å². The number of hydrogen-bond donors (Lipinski definition) is 1. The average molecular weight is 251 g/mol. The maximum atomic E-state index is 11.3. The van der Waals surface area contributed by atoms with Gasteiger partial charge < -0.3 is 10.5 Å². The highest BCUT2D eigenvalue weighted by atomic mass is 35.5. The lowest BCUT2D eigenvalue weighted by Crippen LogP contribution is -2.12. The van der Waals surface area contributed by atoms with Crippen molar-refractivity contribution in [3.63, 3.8) is 0 Å². The highest BCUT2D eigenvalue weighted by molar-refractivity contribution is 6.37. The van der Waals surface area contributed by atoms with E-state index in [1.54, 1.807) is 18.2 Å². The number of halogens is 1. The van der Waals surface area contributed by atoms with Crippen LogP contribution in [0.4, 0.5) is 0 Å². The van der Waals surface area contributed by atoms with Gasteiger partial charge in [-0.2, -0.15) is 0 Å². The van der Waals surface area contributed by atoms with Crippen LogP contribution in [0.1, 0.15) is 16.1 Å². The fourth-order valence-corrected chi connectivity index (χ4v) is 2.11. The first-order valence-electron chi connectivity index (χ1n) is 4.98. The Hall–Kier alpha value is -1.81. The molecule has 2 N–H and O–H groups in total. The molecule has 0 saturated carbocycles. The van der Waals surface area contributed by atoms with Crippen molar-refractivity contribution >= 4 is 28.4 Å². The highest BCUT2D eigenvalue weighted by Crippen LogP contribution is 2.32. The first-order valence-corrected chi connectivity index (χ1v) is 5.36. The first-order chi connectivity index (χ1) is 8.04. The van der Waals surface area contributed by atoms with E-state index in [9.17, 15) is 4.79 Å². The van der Waals surface area contributed by atoms with E-state index in [4.69, 9.17) is 22.1 Å². The molecule has 0 spiro atoms. The molecular weight excluding hydrogens is 240 g/mol. The van der Waals surface area contributed by atoms with Gasteiger partial charge in [-0.1, -0.05) is 11.6 Å². The molecule has 0 bridgehead atoms. The number of rotatable bonds is 2. The summed E-state index contributed by atoms with van der Waals surface area (Å²) >= 11 is 6.14. The van der Waals surface area contributed by atoms with Crippen LogP contribution in [0, 0.1) is 6.92 Å². The number of carbonyl (C=O) groups is 1. The summed E-state index contributed by atoms with van der Waals surface area (Å²) in [5.74, 6) is 0.0285. The molecule has 1 aromatic heterocycles. The Morgan fingerprint density at radius 2 is 2.18 bits per heavy atom. The highest BCUT2D eigenvalue weighted by Gasteiger charge is 2.15. The normalized spacial score (nSPS) is 10.5. The van der Waals surface area contributed by atoms with Crippen LogP contribution in [-0.4, -0.2) is 18.0 Å². The maximum absolute atomic E-state index is 11.3. The molecule has 0 atom stereocenters. The summed E-state index contributed by atoms with van der Waals surface area (Å²) in [6, 6.07) is 4.94. The number of nitrogens with two attached hydrogens (primary N) is 1. The Bertz CT molecular complexity index is 611. The zero-order valence-corrected chi connectivity index (χ0v) is 10.2. The van der Waals surface area contributed by atoms with Gasteiger partial charge in [-0.05, 0) is 25.1 Å². The topological polar surface area (TPSA) is 65.2 Å². The third kappa shape index (κ3) is 1.91. The van der Waals surface area contributed by atoms with Gasteiger partial charge >= 0.3 is 0 Å². The van der Waals surface area contributed by atoms with Crippen LogP contribution in [0.5, 0.6) is 5.75 Å². The van der Waals surface area contributed by atoms with Crippen molar-refractivity contribution in [2.75, 3.05) is 7.11 Å². The van der Waals surface area contributed by atoms with E-state index in [1.807, 2.05) is 6.92 Å². The molecule has 0 unspecified atom stereocenters. The second-order valence-electron chi connectivity index (χ2n) is 3.65. The number of methoxy groups -OCH3 is 1. The summed E-state index contributed by atoms with van der Waals surface area (Å²) in [7, 11) is 1.54. The molecule has 2 rings (SSSR count). The molecule has 0 aliphatic carbocycles. The van der Waals surface area contributed by atoms with Gasteiger partial charge in [0, 0.05) is 11.1 Å². The second kappa shape index (κ2) is 4.22. The van der Waals surface area contributed by atoms with Gasteiger partial charge in [0.05, 0.1) is 17.7 Å². The lowest BCUT2D eigenvalue weighted by Gasteiger charge is -2.10. The number of ether oxygens (including phenoxy) is 1. The Morgan fingerprint density at radius 3 is 2.76 bits per heavy atom. The zero-order chi connectivity index (χ0) is 12.6. The van der Waals surface area contributed by atoms with E-state index in [0.29, 0.717) is 27.2 Å². The minimum absolute atomic E-state index is 0.346. The first kappa shape index (κ1) is 11.7. The largest absolute Gasteiger partial charge is 0.494 e. The van der Waals surface area contributed by atoms with Gasteiger partial charge in [-0.25, -0.2) is 4.98 Å². The molecular formula is C12H11ClN2O2. The monoisotopic (exact) mass is 250 g/mol. The second-order valence-corrected chi connectivity index (χ2v) is 4.06. The van der Waals surface area contributed by atoms with Crippen molar-refractivity contribution < 1.29 is 9.53 Å². The molecule has 4 nitrogen and oxygen atoms in total. The molecule has 0 saturated heterocycles. The number of amides is 1. The minimum atomic E-state index is -0.537. The average Bonchev–Trinajstić information content (AvgIpc) is 2.27. The van der Waals surface area contributed by atoms with Crippen LogP contribution < -0.4 is 10.5 Å². The number of primary amides is 1. The van der Waals surface area contributed by atoms with Crippen molar-refractivity contribution in [1.82, 2.24) is 4.98 Å². The van der Waals surface area contributed by atoms with Crippen LogP contribution in [0.15, 0.2) is 18.2 Å². The van der Waals surface area contributed by atoms with Crippen LogP contribution in [0.2, 0.25) is 5.02 Å². The lowest BCUT2D eigenvalue weighted by molar-refractivity contribution is 0.100. The molecule has 0 fully saturated rings. The predicted molar refractivity (Wildman–Crippen MR) is 66.6 cm³/mol. The van der Waals surface area contributed by atoms with Crippen molar-refractivity contribution in [3.8, 4) is 5.75 Å². The molecule has 0 aliphatic rings. The third-order valence-corrected chi connectivity index (χ3v) is 2.79. The number of fused-ring (bicyclic) bond motifs is 1. The van der Waals surface area contributed by atoms with E-state index in [0.717, 1.165) is 5.69 Å². The van der Waals surface area contributed by atoms with Gasteiger partial charge in [0.2, 0.25) is 5.91 Å². The van der Waals surface area contributed by atoms with Crippen LogP contribution in [0.3, 0.4) is 0 Å². The molecule has 88 valence electrons. The van der Waals surface area contributed by atoms with Crippen LogP contribution in [0.25, 0.3) is 10.9 Å². The lowest BCUT2D eigenvalue weighted by atomic mass is 10.1. The molecule has 0 radical (unpaired) electrons. The van der Waals surface area contributed by atoms with Gasteiger partial charge in [0.15, 0.2) is 0 Å². The van der Waals surface area contributed by atoms with Crippen LogP contribution >= 0.6 is 11.6 Å². The van der Waals surface area contributed by atoms with E-state index in [1.165, 1.54) is 7.11 Å². The Balaban J connectivity index is 2.95. The van der Waals surface area contributed by atoms with Crippen molar-refractivity contribution in [2.24, 2.45) is 5.73 Å². The quantitative estimate of drug-likeness (QED) is 0.889. The molecule has 17 heavy (non-hydrogen) atoms. The Morgan fingerprint density at radius 1 is 1.47 bits per heavy atom. The molecule has 0 aliphatic heterocycles. The number of pyridine rings is 1.